The highest BCUT2D eigenvalue weighted by Gasteiger charge is 2.26. The van der Waals surface area contributed by atoms with Crippen molar-refractivity contribution in [1.82, 2.24) is 9.72 Å². The molecule has 168 valence electrons. The van der Waals surface area contributed by atoms with Crippen LogP contribution in [0.1, 0.15) is 28.7 Å². The monoisotopic (exact) mass is 445 g/mol. The predicted molar refractivity (Wildman–Crippen MR) is 124 cm³/mol. The van der Waals surface area contributed by atoms with Gasteiger partial charge in [0.05, 0.1) is 0 Å². The minimum absolute atomic E-state index is 0.0690. The third-order valence-corrected chi connectivity index (χ3v) is 5.37. The lowest BCUT2D eigenvalue weighted by Gasteiger charge is -2.19. The Morgan fingerprint density at radius 3 is 2.36 bits per heavy atom. The second kappa shape index (κ2) is 8.74. The van der Waals surface area contributed by atoms with Gasteiger partial charge < -0.3 is 19.1 Å². The fourth-order valence-electron chi connectivity index (χ4n) is 3.64. The summed E-state index contributed by atoms with van der Waals surface area (Å²) in [4.78, 5) is 38.8. The van der Waals surface area contributed by atoms with E-state index >= 15 is 0 Å². The molecule has 0 aliphatic heterocycles. The molecular formula is C25H23N3O5. The van der Waals surface area contributed by atoms with E-state index in [0.29, 0.717) is 22.1 Å². The number of nitrogens with one attached hydrogen (secondary N) is 1. The van der Waals surface area contributed by atoms with Gasteiger partial charge in [-0.2, -0.15) is 0 Å². The van der Waals surface area contributed by atoms with Crippen LogP contribution in [0.25, 0.3) is 21.9 Å². The highest BCUT2D eigenvalue weighted by atomic mass is 16.5. The number of hydrogen-bond donors (Lipinski definition) is 1. The van der Waals surface area contributed by atoms with Crippen LogP contribution in [0.3, 0.4) is 0 Å². The van der Waals surface area contributed by atoms with E-state index in [0.717, 1.165) is 11.1 Å². The minimum Gasteiger partial charge on any atom is -0.448 e. The fraction of sp³-hybridized carbons (Fsp3) is 0.200. The number of rotatable bonds is 5. The lowest BCUT2D eigenvalue weighted by molar-refractivity contribution is -0.123. The number of ether oxygens (including phenoxy) is 1. The van der Waals surface area contributed by atoms with Crippen molar-refractivity contribution < 1.29 is 18.8 Å². The van der Waals surface area contributed by atoms with Gasteiger partial charge in [-0.05, 0) is 37.8 Å². The van der Waals surface area contributed by atoms with Gasteiger partial charge in [0.15, 0.2) is 11.9 Å². The number of pyridine rings is 1. The van der Waals surface area contributed by atoms with Crippen molar-refractivity contribution in [3.8, 4) is 11.1 Å². The number of hydrogen-bond acceptors (Lipinski definition) is 6. The summed E-state index contributed by atoms with van der Waals surface area (Å²) < 4.78 is 11.7. The summed E-state index contributed by atoms with van der Waals surface area (Å²) in [6.45, 7) is 5.11. The molecule has 1 unspecified atom stereocenters. The van der Waals surface area contributed by atoms with Gasteiger partial charge in [-0.1, -0.05) is 53.2 Å². The SMILES string of the molecule is Cc1ccc(-c2c(C(=O)OC(C)C(=O)Nc3cc(C)on3)n(C)c(=O)c3ccccc23)cc1. The molecule has 0 saturated heterocycles. The van der Waals surface area contributed by atoms with Crippen LogP contribution in [0.2, 0.25) is 0 Å². The van der Waals surface area contributed by atoms with E-state index in [4.69, 9.17) is 9.26 Å². The number of amides is 1. The van der Waals surface area contributed by atoms with Gasteiger partial charge in [-0.25, -0.2) is 4.79 Å². The molecule has 1 atom stereocenters. The highest BCUT2D eigenvalue weighted by Crippen LogP contribution is 2.31. The summed E-state index contributed by atoms with van der Waals surface area (Å²) in [7, 11) is 1.52. The molecule has 0 fully saturated rings. The molecule has 0 spiro atoms. The first-order valence-corrected chi connectivity index (χ1v) is 10.4. The van der Waals surface area contributed by atoms with E-state index in [9.17, 15) is 14.4 Å². The number of carbonyl (C=O) groups is 2. The fourth-order valence-corrected chi connectivity index (χ4v) is 3.64. The first-order valence-electron chi connectivity index (χ1n) is 10.4. The largest absolute Gasteiger partial charge is 0.448 e. The van der Waals surface area contributed by atoms with Crippen molar-refractivity contribution in [3.63, 3.8) is 0 Å². The maximum absolute atomic E-state index is 13.3. The zero-order chi connectivity index (χ0) is 23.7. The van der Waals surface area contributed by atoms with Gasteiger partial charge in [0.2, 0.25) is 0 Å². The quantitative estimate of drug-likeness (QED) is 0.466. The van der Waals surface area contributed by atoms with Crippen LogP contribution in [0.4, 0.5) is 5.82 Å². The zero-order valence-electron chi connectivity index (χ0n) is 18.7. The molecule has 0 aliphatic carbocycles. The first-order chi connectivity index (χ1) is 15.8. The van der Waals surface area contributed by atoms with Crippen LogP contribution in [-0.4, -0.2) is 27.7 Å². The van der Waals surface area contributed by atoms with Gasteiger partial charge in [-0.15, -0.1) is 0 Å². The molecule has 0 saturated carbocycles. The molecule has 0 aliphatic rings. The first kappa shape index (κ1) is 22.0. The van der Waals surface area contributed by atoms with Gasteiger partial charge >= 0.3 is 5.97 Å². The number of aryl methyl sites for hydroxylation is 2. The van der Waals surface area contributed by atoms with E-state index in [2.05, 4.69) is 10.5 Å². The maximum atomic E-state index is 13.3. The third kappa shape index (κ3) is 4.27. The van der Waals surface area contributed by atoms with Crippen LogP contribution < -0.4 is 10.9 Å². The van der Waals surface area contributed by atoms with Crippen LogP contribution in [-0.2, 0) is 16.6 Å². The summed E-state index contributed by atoms with van der Waals surface area (Å²) in [5.41, 5.74) is 2.13. The van der Waals surface area contributed by atoms with E-state index in [-0.39, 0.29) is 17.1 Å². The number of esters is 1. The highest BCUT2D eigenvalue weighted by molar-refractivity contribution is 6.07. The Morgan fingerprint density at radius 1 is 1.06 bits per heavy atom. The van der Waals surface area contributed by atoms with Crippen molar-refractivity contribution in [3.05, 3.63) is 82.0 Å². The molecule has 4 aromatic rings. The summed E-state index contributed by atoms with van der Waals surface area (Å²) in [5.74, 6) is -0.600. The van der Waals surface area contributed by atoms with E-state index < -0.39 is 18.0 Å². The summed E-state index contributed by atoms with van der Waals surface area (Å²) in [5, 5.41) is 7.36. The maximum Gasteiger partial charge on any atom is 0.356 e. The molecule has 0 radical (unpaired) electrons. The van der Waals surface area contributed by atoms with E-state index in [1.807, 2.05) is 37.3 Å². The Labute approximate surface area is 189 Å². The van der Waals surface area contributed by atoms with Gasteiger partial charge in [0.25, 0.3) is 11.5 Å². The Hall–Kier alpha value is -4.20. The second-order valence-electron chi connectivity index (χ2n) is 7.86. The molecule has 0 bridgehead atoms. The molecule has 2 aromatic heterocycles. The van der Waals surface area contributed by atoms with E-state index in [1.165, 1.54) is 18.5 Å². The number of aromatic nitrogens is 2. The topological polar surface area (TPSA) is 103 Å². The number of carbonyl (C=O) groups excluding carboxylic acids is 2. The Kier molecular flexibility index (Phi) is 5.83. The predicted octanol–water partition coefficient (Wildman–Crippen LogP) is 3.99. The van der Waals surface area contributed by atoms with Crippen LogP contribution in [0.5, 0.6) is 0 Å². The minimum atomic E-state index is -1.14. The normalized spacial score (nSPS) is 11.9. The van der Waals surface area contributed by atoms with Crippen molar-refractivity contribution in [2.45, 2.75) is 26.9 Å². The molecular weight excluding hydrogens is 422 g/mol. The number of benzene rings is 2. The van der Waals surface area contributed by atoms with Gasteiger partial charge in [0, 0.05) is 24.1 Å². The second-order valence-corrected chi connectivity index (χ2v) is 7.86. The standard InChI is InChI=1S/C25H23N3O5/c1-14-9-11-17(12-10-14)21-18-7-5-6-8-19(18)24(30)28(4)22(21)25(31)32-16(3)23(29)26-20-13-15(2)33-27-20/h5-13,16H,1-4H3,(H,26,27,29). The van der Waals surface area contributed by atoms with Crippen molar-refractivity contribution in [1.29, 1.82) is 0 Å². The van der Waals surface area contributed by atoms with E-state index in [1.54, 1.807) is 31.2 Å². The third-order valence-electron chi connectivity index (χ3n) is 5.37. The summed E-state index contributed by atoms with van der Waals surface area (Å²) in [6, 6.07) is 16.3. The van der Waals surface area contributed by atoms with Crippen LogP contribution in [0.15, 0.2) is 63.9 Å². The number of anilines is 1. The lowest BCUT2D eigenvalue weighted by Crippen LogP contribution is -2.33. The molecule has 8 heteroatoms. The summed E-state index contributed by atoms with van der Waals surface area (Å²) in [6.07, 6.45) is -1.14. The number of nitrogens with zero attached hydrogens (tertiary/aromatic N) is 2. The molecule has 2 heterocycles. The molecule has 1 amide bonds. The smallest absolute Gasteiger partial charge is 0.356 e. The lowest BCUT2D eigenvalue weighted by atomic mass is 9.96. The Bertz CT molecular complexity index is 1420. The van der Waals surface area contributed by atoms with Crippen LogP contribution in [0, 0.1) is 13.8 Å². The zero-order valence-corrected chi connectivity index (χ0v) is 18.7. The average Bonchev–Trinajstić information content (AvgIpc) is 3.21. The van der Waals surface area contributed by atoms with Gasteiger partial charge in [-0.3, -0.25) is 9.59 Å². The summed E-state index contributed by atoms with van der Waals surface area (Å²) >= 11 is 0. The molecule has 2 aromatic carbocycles. The Balaban J connectivity index is 1.76. The van der Waals surface area contributed by atoms with Crippen molar-refractivity contribution in [2.75, 3.05) is 5.32 Å². The molecule has 1 N–H and O–H groups in total. The van der Waals surface area contributed by atoms with Crippen molar-refractivity contribution in [2.24, 2.45) is 7.05 Å². The van der Waals surface area contributed by atoms with Crippen molar-refractivity contribution >= 4 is 28.5 Å². The average molecular weight is 445 g/mol. The molecule has 8 nitrogen and oxygen atoms in total. The molecule has 4 rings (SSSR count). The van der Waals surface area contributed by atoms with Gasteiger partial charge in [0.1, 0.15) is 11.5 Å². The molecule has 33 heavy (non-hydrogen) atoms. The Morgan fingerprint density at radius 2 is 1.73 bits per heavy atom. The van der Waals surface area contributed by atoms with Crippen LogP contribution >= 0.6 is 0 Å². The number of fused-ring (bicyclic) bond motifs is 1.